The van der Waals surface area contributed by atoms with E-state index < -0.39 is 47.2 Å². The zero-order chi connectivity index (χ0) is 21.8. The number of hydrogen-bond acceptors (Lipinski definition) is 8. The van der Waals surface area contributed by atoms with Gasteiger partial charge in [0.05, 0.1) is 18.1 Å². The minimum Gasteiger partial charge on any atom is -0.463 e. The number of fused-ring (bicyclic) bond motifs is 2. The van der Waals surface area contributed by atoms with E-state index in [0.29, 0.717) is 0 Å². The third-order valence-corrected chi connectivity index (χ3v) is 6.69. The van der Waals surface area contributed by atoms with Gasteiger partial charge in [0.2, 0.25) is 0 Å². The van der Waals surface area contributed by atoms with Gasteiger partial charge in [0.25, 0.3) is 0 Å². The van der Waals surface area contributed by atoms with Gasteiger partial charge >= 0.3 is 17.9 Å². The molecule has 0 aromatic carbocycles. The predicted molar refractivity (Wildman–Crippen MR) is 103 cm³/mol. The van der Waals surface area contributed by atoms with Crippen molar-refractivity contribution >= 4 is 17.9 Å². The van der Waals surface area contributed by atoms with Gasteiger partial charge < -0.3 is 23.7 Å². The first-order valence-corrected chi connectivity index (χ1v) is 10.3. The summed E-state index contributed by atoms with van der Waals surface area (Å²) in [5.74, 6) is -1.96. The van der Waals surface area contributed by atoms with Crippen LogP contribution in [0.25, 0.3) is 0 Å². The van der Waals surface area contributed by atoms with Gasteiger partial charge in [-0.1, -0.05) is 12.2 Å². The molecule has 4 rings (SSSR count). The molecule has 3 saturated heterocycles. The van der Waals surface area contributed by atoms with E-state index in [1.165, 1.54) is 6.92 Å². The lowest BCUT2D eigenvalue weighted by Crippen LogP contribution is -2.42. The van der Waals surface area contributed by atoms with Gasteiger partial charge in [-0.3, -0.25) is 4.79 Å². The molecule has 3 heterocycles. The summed E-state index contributed by atoms with van der Waals surface area (Å²) >= 11 is 0. The monoisotopic (exact) mass is 420 g/mol. The molecule has 3 fully saturated rings. The van der Waals surface area contributed by atoms with Crippen molar-refractivity contribution in [3.8, 4) is 0 Å². The van der Waals surface area contributed by atoms with Gasteiger partial charge in [0.1, 0.15) is 24.4 Å². The van der Waals surface area contributed by atoms with E-state index in [9.17, 15) is 14.4 Å². The summed E-state index contributed by atoms with van der Waals surface area (Å²) in [5, 5.41) is 0. The Kier molecular flexibility index (Phi) is 5.05. The Bertz CT molecular complexity index is 831. The molecule has 8 heteroatoms. The second-order valence-electron chi connectivity index (χ2n) is 8.94. The number of carbonyl (C=O) groups is 3. The van der Waals surface area contributed by atoms with Gasteiger partial charge in [-0.05, 0) is 39.7 Å². The third-order valence-electron chi connectivity index (χ3n) is 6.69. The summed E-state index contributed by atoms with van der Waals surface area (Å²) in [4.78, 5) is 36.6. The summed E-state index contributed by atoms with van der Waals surface area (Å²) in [6.45, 7) is 10.7. The maximum absolute atomic E-state index is 12.8. The fraction of sp³-hybridized carbons (Fsp3) is 0.682. The highest BCUT2D eigenvalue weighted by Crippen LogP contribution is 2.49. The summed E-state index contributed by atoms with van der Waals surface area (Å²) in [6, 6.07) is 0. The van der Waals surface area contributed by atoms with Gasteiger partial charge in [0, 0.05) is 18.9 Å². The largest absolute Gasteiger partial charge is 0.463 e. The second-order valence-corrected chi connectivity index (χ2v) is 8.94. The average Bonchev–Trinajstić information content (AvgIpc) is 3.50. The molecular formula is C22H28O8. The zero-order valence-corrected chi connectivity index (χ0v) is 17.8. The van der Waals surface area contributed by atoms with Crippen LogP contribution >= 0.6 is 0 Å². The minimum absolute atomic E-state index is 0.0622. The molecular weight excluding hydrogens is 392 g/mol. The first-order valence-electron chi connectivity index (χ1n) is 10.3. The molecule has 0 amide bonds. The zero-order valence-electron chi connectivity index (χ0n) is 17.8. The lowest BCUT2D eigenvalue weighted by molar-refractivity contribution is -0.160. The van der Waals surface area contributed by atoms with E-state index in [4.69, 9.17) is 23.7 Å². The lowest BCUT2D eigenvalue weighted by Gasteiger charge is -2.29. The smallest absolute Gasteiger partial charge is 0.341 e. The first kappa shape index (κ1) is 21.1. The van der Waals surface area contributed by atoms with Crippen LogP contribution in [0.2, 0.25) is 0 Å². The molecule has 0 aromatic rings. The molecule has 1 aliphatic carbocycles. The molecule has 0 aromatic heterocycles. The van der Waals surface area contributed by atoms with Crippen molar-refractivity contribution in [1.82, 2.24) is 0 Å². The number of hydrogen-bond donors (Lipinski definition) is 0. The molecule has 0 bridgehead atoms. The Hall–Kier alpha value is -2.19. The van der Waals surface area contributed by atoms with Crippen molar-refractivity contribution in [1.29, 1.82) is 0 Å². The predicted octanol–water partition coefficient (Wildman–Crippen LogP) is 2.00. The number of carbonyl (C=O) groups excluding carboxylic acids is 3. The molecule has 4 aliphatic rings. The van der Waals surface area contributed by atoms with Crippen LogP contribution in [-0.4, -0.2) is 60.1 Å². The van der Waals surface area contributed by atoms with Gasteiger partial charge in [-0.25, -0.2) is 9.59 Å². The maximum Gasteiger partial charge on any atom is 0.341 e. The molecule has 0 unspecified atom stereocenters. The van der Waals surface area contributed by atoms with Crippen LogP contribution in [0.15, 0.2) is 23.8 Å². The van der Waals surface area contributed by atoms with Crippen molar-refractivity contribution in [3.63, 3.8) is 0 Å². The first-order chi connectivity index (χ1) is 14.1. The number of esters is 3. The molecule has 0 saturated carbocycles. The highest BCUT2D eigenvalue weighted by molar-refractivity contribution is 5.91. The Morgan fingerprint density at radius 1 is 1.33 bits per heavy atom. The summed E-state index contributed by atoms with van der Waals surface area (Å²) < 4.78 is 28.1. The molecule has 0 radical (unpaired) electrons. The highest BCUT2D eigenvalue weighted by atomic mass is 16.7. The summed E-state index contributed by atoms with van der Waals surface area (Å²) in [7, 11) is 0. The van der Waals surface area contributed by atoms with Crippen molar-refractivity contribution in [2.45, 2.75) is 82.6 Å². The minimum atomic E-state index is -1.01. The molecule has 8 nitrogen and oxygen atoms in total. The number of rotatable bonds is 4. The van der Waals surface area contributed by atoms with Crippen LogP contribution < -0.4 is 0 Å². The van der Waals surface area contributed by atoms with Gasteiger partial charge in [-0.15, -0.1) is 0 Å². The normalized spacial score (nSPS) is 44.0. The Morgan fingerprint density at radius 2 is 2.03 bits per heavy atom. The van der Waals surface area contributed by atoms with Crippen molar-refractivity contribution in [2.24, 2.45) is 5.92 Å². The van der Waals surface area contributed by atoms with Crippen LogP contribution in [0.4, 0.5) is 0 Å². The van der Waals surface area contributed by atoms with Crippen LogP contribution in [0.3, 0.4) is 0 Å². The molecule has 164 valence electrons. The van der Waals surface area contributed by atoms with E-state index in [2.05, 4.69) is 6.58 Å². The van der Waals surface area contributed by atoms with Crippen molar-refractivity contribution in [2.75, 3.05) is 6.61 Å². The van der Waals surface area contributed by atoms with E-state index in [1.54, 1.807) is 13.8 Å². The van der Waals surface area contributed by atoms with Crippen LogP contribution in [-0.2, 0) is 38.1 Å². The van der Waals surface area contributed by atoms with E-state index in [0.717, 1.165) is 18.4 Å². The second kappa shape index (κ2) is 7.20. The van der Waals surface area contributed by atoms with Crippen LogP contribution in [0, 0.1) is 5.92 Å². The summed E-state index contributed by atoms with van der Waals surface area (Å²) in [6.07, 6.45) is 1.98. The van der Waals surface area contributed by atoms with E-state index >= 15 is 0 Å². The van der Waals surface area contributed by atoms with E-state index in [1.807, 2.05) is 13.0 Å². The standard InChI is InChI=1S/C22H28O8/c1-11-6-7-17-22(30-17,10-26-14(4)23)9-16(28-20(25)21(5)13(3)29-21)18-12(2)19(24)27-15(18)8-11/h8,13,15-18H,2,6-7,9-10H2,1,3-5H3/b11-8-/t13-,15-,16-,17-,18+,21+,22+/m1/s1. The van der Waals surface area contributed by atoms with Crippen LogP contribution in [0.5, 0.6) is 0 Å². The summed E-state index contributed by atoms with van der Waals surface area (Å²) in [5.41, 5.74) is -0.463. The molecule has 30 heavy (non-hydrogen) atoms. The van der Waals surface area contributed by atoms with Crippen LogP contribution in [0.1, 0.15) is 47.0 Å². The molecule has 7 atom stereocenters. The number of ether oxygens (including phenoxy) is 5. The average molecular weight is 420 g/mol. The number of allylic oxidation sites excluding steroid dienone is 1. The molecule has 0 N–H and O–H groups in total. The van der Waals surface area contributed by atoms with Gasteiger partial charge in [-0.2, -0.15) is 0 Å². The van der Waals surface area contributed by atoms with Crippen molar-refractivity contribution < 1.29 is 38.1 Å². The fourth-order valence-electron chi connectivity index (χ4n) is 4.45. The lowest BCUT2D eigenvalue weighted by atomic mass is 9.82. The Labute approximate surface area is 175 Å². The number of epoxide rings is 2. The topological polar surface area (TPSA) is 104 Å². The fourth-order valence-corrected chi connectivity index (χ4v) is 4.45. The quantitative estimate of drug-likeness (QED) is 0.224. The molecule has 3 aliphatic heterocycles. The highest BCUT2D eigenvalue weighted by Gasteiger charge is 2.62. The SMILES string of the molecule is C=C1C(=O)O[C@@H]2/C=C(/C)CC[C@H]3O[C@]3(COC(C)=O)C[C@@H](OC(=O)[C@@]3(C)O[C@@H]3C)[C@@H]12. The van der Waals surface area contributed by atoms with E-state index in [-0.39, 0.29) is 30.8 Å². The van der Waals surface area contributed by atoms with Crippen molar-refractivity contribution in [3.05, 3.63) is 23.8 Å². The maximum atomic E-state index is 12.8. The molecule has 0 spiro atoms. The Balaban J connectivity index is 1.66. The Morgan fingerprint density at radius 3 is 2.67 bits per heavy atom. The van der Waals surface area contributed by atoms with Gasteiger partial charge in [0.15, 0.2) is 5.60 Å². The third kappa shape index (κ3) is 3.67.